The van der Waals surface area contributed by atoms with E-state index >= 15 is 0 Å². The Kier molecular flexibility index (Phi) is 7.62. The lowest BCUT2D eigenvalue weighted by Crippen LogP contribution is -2.49. The minimum Gasteiger partial charge on any atom is -0.465 e. The van der Waals surface area contributed by atoms with E-state index < -0.39 is 34.1 Å². The minimum atomic E-state index is -4.67. The second-order valence-corrected chi connectivity index (χ2v) is 8.62. The summed E-state index contributed by atoms with van der Waals surface area (Å²) in [7, 11) is -3.34. The number of ether oxygens (including phenoxy) is 1. The van der Waals surface area contributed by atoms with E-state index in [9.17, 15) is 26.4 Å². The number of nitrogens with two attached hydrogens (primary N) is 1. The second-order valence-electron chi connectivity index (χ2n) is 6.60. The number of esters is 1. The zero-order chi connectivity index (χ0) is 22.5. The fraction of sp³-hybridized carbons (Fsp3) is 0.350. The normalized spacial score (nSPS) is 14.2. The van der Waals surface area contributed by atoms with Gasteiger partial charge in [-0.05, 0) is 35.7 Å². The van der Waals surface area contributed by atoms with Crippen LogP contribution in [0.25, 0.3) is 11.1 Å². The molecule has 0 heterocycles. The Morgan fingerprint density at radius 3 is 1.97 bits per heavy atom. The monoisotopic (exact) mass is 444 g/mol. The lowest BCUT2D eigenvalue weighted by molar-refractivity contribution is -0.164. The van der Waals surface area contributed by atoms with Gasteiger partial charge in [0.1, 0.15) is 12.1 Å². The molecule has 2 aromatic carbocycles. The topological polar surface area (TPSA) is 98.5 Å². The highest BCUT2D eigenvalue weighted by Gasteiger charge is 2.42. The Hall–Kier alpha value is -2.43. The molecule has 0 aliphatic rings. The lowest BCUT2D eigenvalue weighted by Gasteiger charge is -2.26. The van der Waals surface area contributed by atoms with Gasteiger partial charge in [0.25, 0.3) is 0 Å². The van der Waals surface area contributed by atoms with E-state index in [4.69, 9.17) is 10.5 Å². The van der Waals surface area contributed by atoms with Crippen molar-refractivity contribution in [2.45, 2.75) is 30.1 Å². The third-order valence-corrected chi connectivity index (χ3v) is 5.49. The maximum atomic E-state index is 13.6. The molecule has 0 bridgehead atoms. The smallest absolute Gasteiger partial charge is 0.407 e. The third kappa shape index (κ3) is 6.04. The van der Waals surface area contributed by atoms with Gasteiger partial charge in [-0.3, -0.25) is 10.1 Å². The van der Waals surface area contributed by atoms with E-state index in [1.54, 1.807) is 19.1 Å². The standard InChI is InChI=1S/C20H23F3N2O4S/c1-3-29-19(26)17(12-24)25-18(20(21,22)23)15-6-4-13(5-7-15)14-8-10-16(11-9-14)30(2,27)28/h4-11,17-18,25H,3,12,24H2,1-2H3/t17-,18-/m0/s1. The van der Waals surface area contributed by atoms with Gasteiger partial charge in [-0.15, -0.1) is 0 Å². The van der Waals surface area contributed by atoms with Gasteiger partial charge in [0.2, 0.25) is 0 Å². The number of benzene rings is 2. The molecule has 0 spiro atoms. The number of sulfone groups is 1. The first-order valence-corrected chi connectivity index (χ1v) is 11.0. The number of rotatable bonds is 8. The summed E-state index contributed by atoms with van der Waals surface area (Å²) < 4.78 is 68.7. The van der Waals surface area contributed by atoms with Crippen molar-refractivity contribution >= 4 is 15.8 Å². The lowest BCUT2D eigenvalue weighted by atomic mass is 10.00. The Morgan fingerprint density at radius 2 is 1.57 bits per heavy atom. The molecule has 10 heteroatoms. The summed E-state index contributed by atoms with van der Waals surface area (Å²) in [6.07, 6.45) is -3.58. The Bertz CT molecular complexity index is 959. The molecule has 2 atom stereocenters. The number of carbonyl (C=O) groups is 1. The molecule has 3 N–H and O–H groups in total. The Balaban J connectivity index is 2.28. The predicted molar refractivity (Wildman–Crippen MR) is 106 cm³/mol. The van der Waals surface area contributed by atoms with Crippen LogP contribution in [0, 0.1) is 0 Å². The zero-order valence-electron chi connectivity index (χ0n) is 16.4. The summed E-state index contributed by atoms with van der Waals surface area (Å²) in [6.45, 7) is 1.23. The van der Waals surface area contributed by atoms with E-state index in [0.29, 0.717) is 11.1 Å². The molecule has 0 aromatic heterocycles. The van der Waals surface area contributed by atoms with Crippen molar-refractivity contribution in [1.29, 1.82) is 0 Å². The number of nitrogens with one attached hydrogen (secondary N) is 1. The van der Waals surface area contributed by atoms with E-state index in [2.05, 4.69) is 5.32 Å². The van der Waals surface area contributed by atoms with Crippen LogP contribution in [0.15, 0.2) is 53.4 Å². The summed E-state index contributed by atoms with van der Waals surface area (Å²) >= 11 is 0. The van der Waals surface area contributed by atoms with Crippen LogP contribution in [0.3, 0.4) is 0 Å². The predicted octanol–water partition coefficient (Wildman–Crippen LogP) is 2.84. The summed E-state index contributed by atoms with van der Waals surface area (Å²) in [5, 5.41) is 2.24. The van der Waals surface area contributed by atoms with Crippen LogP contribution >= 0.6 is 0 Å². The van der Waals surface area contributed by atoms with Crippen LogP contribution < -0.4 is 11.1 Å². The molecular formula is C20H23F3N2O4S. The summed E-state index contributed by atoms with van der Waals surface area (Å²) in [5.74, 6) is -0.850. The van der Waals surface area contributed by atoms with E-state index in [1.165, 1.54) is 36.4 Å². The third-order valence-electron chi connectivity index (χ3n) is 4.36. The largest absolute Gasteiger partial charge is 0.465 e. The summed E-state index contributed by atoms with van der Waals surface area (Å²) in [5.41, 5.74) is 6.61. The highest BCUT2D eigenvalue weighted by Crippen LogP contribution is 2.34. The van der Waals surface area contributed by atoms with E-state index in [-0.39, 0.29) is 23.6 Å². The summed E-state index contributed by atoms with van der Waals surface area (Å²) in [6, 6.07) is 8.18. The van der Waals surface area contributed by atoms with Gasteiger partial charge in [0, 0.05) is 12.8 Å². The van der Waals surface area contributed by atoms with Gasteiger partial charge >= 0.3 is 12.1 Å². The SMILES string of the molecule is CCOC(=O)[C@H](CN)N[C@@H](c1ccc(-c2ccc(S(C)(=O)=O)cc2)cc1)C(F)(F)F. The van der Waals surface area contributed by atoms with Crippen LogP contribution in [0.2, 0.25) is 0 Å². The molecule has 0 unspecified atom stereocenters. The first-order valence-electron chi connectivity index (χ1n) is 9.07. The molecule has 30 heavy (non-hydrogen) atoms. The molecule has 2 aromatic rings. The highest BCUT2D eigenvalue weighted by atomic mass is 32.2. The van der Waals surface area contributed by atoms with Crippen molar-refractivity contribution in [1.82, 2.24) is 5.32 Å². The molecule has 0 saturated heterocycles. The average Bonchev–Trinajstić information content (AvgIpc) is 2.67. The average molecular weight is 444 g/mol. The Labute approximate surface area is 173 Å². The van der Waals surface area contributed by atoms with E-state index in [0.717, 1.165) is 6.26 Å². The number of halogens is 3. The van der Waals surface area contributed by atoms with Crippen LogP contribution in [-0.4, -0.2) is 46.0 Å². The van der Waals surface area contributed by atoms with Crippen molar-refractivity contribution in [2.24, 2.45) is 5.73 Å². The zero-order valence-corrected chi connectivity index (χ0v) is 17.3. The minimum absolute atomic E-state index is 0.0283. The van der Waals surface area contributed by atoms with Crippen molar-refractivity contribution in [3.63, 3.8) is 0 Å². The first kappa shape index (κ1) is 23.8. The number of carbonyl (C=O) groups excluding carboxylic acids is 1. The van der Waals surface area contributed by atoms with Gasteiger partial charge in [0.05, 0.1) is 11.5 Å². The quantitative estimate of drug-likeness (QED) is 0.608. The van der Waals surface area contributed by atoms with Crippen LogP contribution in [-0.2, 0) is 19.4 Å². The molecule has 0 aliphatic carbocycles. The van der Waals surface area contributed by atoms with Gasteiger partial charge < -0.3 is 10.5 Å². The first-order chi connectivity index (χ1) is 14.0. The molecule has 0 aliphatic heterocycles. The highest BCUT2D eigenvalue weighted by molar-refractivity contribution is 7.90. The maximum Gasteiger partial charge on any atom is 0.407 e. The molecular weight excluding hydrogens is 421 g/mol. The maximum absolute atomic E-state index is 13.6. The van der Waals surface area contributed by atoms with Crippen LogP contribution in [0.1, 0.15) is 18.5 Å². The number of hydrogen-bond acceptors (Lipinski definition) is 6. The van der Waals surface area contributed by atoms with E-state index in [1.807, 2.05) is 0 Å². The second kappa shape index (κ2) is 9.59. The fourth-order valence-electron chi connectivity index (χ4n) is 2.82. The van der Waals surface area contributed by atoms with Gasteiger partial charge in [-0.2, -0.15) is 13.2 Å². The van der Waals surface area contributed by atoms with Crippen molar-refractivity contribution in [2.75, 3.05) is 19.4 Å². The molecule has 0 fully saturated rings. The van der Waals surface area contributed by atoms with Crippen molar-refractivity contribution < 1.29 is 31.1 Å². The molecule has 0 saturated carbocycles. The summed E-state index contributed by atoms with van der Waals surface area (Å²) in [4.78, 5) is 12.0. The van der Waals surface area contributed by atoms with Crippen LogP contribution in [0.4, 0.5) is 13.2 Å². The Morgan fingerprint density at radius 1 is 1.07 bits per heavy atom. The van der Waals surface area contributed by atoms with Gasteiger partial charge in [0.15, 0.2) is 9.84 Å². The fourth-order valence-corrected chi connectivity index (χ4v) is 3.45. The van der Waals surface area contributed by atoms with Crippen LogP contribution in [0.5, 0.6) is 0 Å². The molecule has 164 valence electrons. The molecule has 0 radical (unpaired) electrons. The van der Waals surface area contributed by atoms with Gasteiger partial charge in [-0.25, -0.2) is 8.42 Å². The van der Waals surface area contributed by atoms with Gasteiger partial charge in [-0.1, -0.05) is 36.4 Å². The molecule has 0 amide bonds. The molecule has 6 nitrogen and oxygen atoms in total. The van der Waals surface area contributed by atoms with Crippen molar-refractivity contribution in [3.8, 4) is 11.1 Å². The number of hydrogen-bond donors (Lipinski definition) is 2. The van der Waals surface area contributed by atoms with Crippen molar-refractivity contribution in [3.05, 3.63) is 54.1 Å². The molecule has 2 rings (SSSR count). The number of alkyl halides is 3.